The van der Waals surface area contributed by atoms with Gasteiger partial charge in [0.1, 0.15) is 11.8 Å². The molecule has 9 heteroatoms. The fraction of sp³-hybridized carbons (Fsp3) is 0.375. The minimum Gasteiger partial charge on any atom is -0.494 e. The Balaban J connectivity index is 1.53. The maximum atomic E-state index is 12.4. The summed E-state index contributed by atoms with van der Waals surface area (Å²) in [5, 5.41) is 15.1. The Morgan fingerprint density at radius 3 is 2.48 bits per heavy atom. The second-order valence-corrected chi connectivity index (χ2v) is 7.41. The summed E-state index contributed by atoms with van der Waals surface area (Å²) in [7, 11) is 4.47. The lowest BCUT2D eigenvalue weighted by atomic mass is 10.0. The first-order valence-corrected chi connectivity index (χ1v) is 10.5. The smallest absolute Gasteiger partial charge is 0.224 e. The summed E-state index contributed by atoms with van der Waals surface area (Å²) in [5.74, 6) is 1.65. The van der Waals surface area contributed by atoms with Gasteiger partial charge in [-0.3, -0.25) is 9.59 Å². The molecule has 2 aromatic rings. The maximum absolute atomic E-state index is 12.4. The zero-order chi connectivity index (χ0) is 23.8. The third kappa shape index (κ3) is 5.86. The summed E-state index contributed by atoms with van der Waals surface area (Å²) in [4.78, 5) is 23.9. The second kappa shape index (κ2) is 11.1. The zero-order valence-corrected chi connectivity index (χ0v) is 18.9. The van der Waals surface area contributed by atoms with Crippen molar-refractivity contribution >= 4 is 17.5 Å². The van der Waals surface area contributed by atoms with Crippen LogP contribution >= 0.6 is 0 Å². The third-order valence-electron chi connectivity index (χ3n) is 5.24. The van der Waals surface area contributed by atoms with E-state index < -0.39 is 6.04 Å². The fourth-order valence-corrected chi connectivity index (χ4v) is 3.56. The van der Waals surface area contributed by atoms with Crippen molar-refractivity contribution in [3.63, 3.8) is 0 Å². The molecule has 0 aromatic heterocycles. The molecule has 2 N–H and O–H groups in total. The van der Waals surface area contributed by atoms with E-state index in [0.29, 0.717) is 54.4 Å². The molecule has 1 atom stereocenters. The van der Waals surface area contributed by atoms with Gasteiger partial charge < -0.3 is 29.6 Å². The Hall–Kier alpha value is -3.93. The number of benzene rings is 2. The van der Waals surface area contributed by atoms with Crippen LogP contribution in [0.2, 0.25) is 0 Å². The van der Waals surface area contributed by atoms with Gasteiger partial charge >= 0.3 is 0 Å². The molecule has 0 bridgehead atoms. The molecule has 174 valence electrons. The lowest BCUT2D eigenvalue weighted by Gasteiger charge is -2.18. The molecule has 2 aromatic carbocycles. The number of aryl methyl sites for hydroxylation is 1. The fourth-order valence-electron chi connectivity index (χ4n) is 3.56. The van der Waals surface area contributed by atoms with Gasteiger partial charge in [-0.15, -0.1) is 0 Å². The first kappa shape index (κ1) is 23.7. The van der Waals surface area contributed by atoms with Gasteiger partial charge in [0.15, 0.2) is 11.5 Å². The monoisotopic (exact) mass is 453 g/mol. The van der Waals surface area contributed by atoms with Gasteiger partial charge in [-0.1, -0.05) is 0 Å². The van der Waals surface area contributed by atoms with Crippen LogP contribution < -0.4 is 29.6 Å². The van der Waals surface area contributed by atoms with Crippen molar-refractivity contribution < 1.29 is 28.5 Å². The molecule has 0 spiro atoms. The molecule has 0 saturated heterocycles. The van der Waals surface area contributed by atoms with Gasteiger partial charge in [-0.05, 0) is 54.3 Å². The Labute approximate surface area is 192 Å². The van der Waals surface area contributed by atoms with Gasteiger partial charge in [-0.2, -0.15) is 5.26 Å². The minimum atomic E-state index is -0.872. The van der Waals surface area contributed by atoms with E-state index in [2.05, 4.69) is 16.7 Å². The summed E-state index contributed by atoms with van der Waals surface area (Å²) in [5.41, 5.74) is 2.37. The van der Waals surface area contributed by atoms with Crippen LogP contribution in [0, 0.1) is 11.3 Å². The van der Waals surface area contributed by atoms with Crippen molar-refractivity contribution in [2.45, 2.75) is 31.7 Å². The van der Waals surface area contributed by atoms with Crippen molar-refractivity contribution in [1.29, 1.82) is 5.26 Å². The number of ether oxygens (including phenoxy) is 4. The molecular weight excluding hydrogens is 426 g/mol. The zero-order valence-electron chi connectivity index (χ0n) is 18.9. The molecule has 0 fully saturated rings. The van der Waals surface area contributed by atoms with Crippen LogP contribution in [-0.4, -0.2) is 39.8 Å². The molecule has 1 heterocycles. The minimum absolute atomic E-state index is 0.0179. The van der Waals surface area contributed by atoms with E-state index in [-0.39, 0.29) is 18.2 Å². The Bertz CT molecular complexity index is 1040. The molecule has 1 aliphatic rings. The Kier molecular flexibility index (Phi) is 7.97. The molecule has 33 heavy (non-hydrogen) atoms. The summed E-state index contributed by atoms with van der Waals surface area (Å²) in [6, 6.07) is 10.0. The number of nitriles is 1. The topological polar surface area (TPSA) is 119 Å². The molecular formula is C24H27N3O6. The number of methoxy groups -OCH3 is 3. The number of hydrogen-bond donors (Lipinski definition) is 2. The number of nitrogens with zero attached hydrogens (tertiary/aromatic N) is 1. The number of carbonyl (C=O) groups is 2. The standard InChI is InChI=1S/C24H27N3O6/c1-30-20-12-16(13-21(31-2)24(20)32-3)19(14-25)27-22(28)5-4-10-33-17-7-8-18-15(11-17)6-9-23(29)26-18/h7-8,11-13,19H,4-6,9-10H2,1-3H3,(H,26,29)(H,27,28). The van der Waals surface area contributed by atoms with Crippen LogP contribution in [0.3, 0.4) is 0 Å². The van der Waals surface area contributed by atoms with Gasteiger partial charge in [0, 0.05) is 18.5 Å². The van der Waals surface area contributed by atoms with Crippen LogP contribution in [0.25, 0.3) is 0 Å². The van der Waals surface area contributed by atoms with Crippen molar-refractivity contribution in [1.82, 2.24) is 5.32 Å². The van der Waals surface area contributed by atoms with Gasteiger partial charge in [0.2, 0.25) is 17.6 Å². The maximum Gasteiger partial charge on any atom is 0.224 e. The van der Waals surface area contributed by atoms with E-state index in [4.69, 9.17) is 18.9 Å². The number of anilines is 1. The Morgan fingerprint density at radius 1 is 1.12 bits per heavy atom. The average Bonchev–Trinajstić information content (AvgIpc) is 2.84. The number of carbonyl (C=O) groups excluding carboxylic acids is 2. The number of hydrogen-bond acceptors (Lipinski definition) is 7. The molecule has 3 rings (SSSR count). The molecule has 0 aliphatic carbocycles. The number of nitrogens with one attached hydrogen (secondary N) is 2. The first-order valence-electron chi connectivity index (χ1n) is 10.5. The lowest BCUT2D eigenvalue weighted by Crippen LogP contribution is -2.27. The highest BCUT2D eigenvalue weighted by Gasteiger charge is 2.20. The van der Waals surface area contributed by atoms with Gasteiger partial charge in [-0.25, -0.2) is 0 Å². The summed E-state index contributed by atoms with van der Waals surface area (Å²) >= 11 is 0. The van der Waals surface area contributed by atoms with Crippen LogP contribution in [0.1, 0.15) is 36.4 Å². The SMILES string of the molecule is COc1cc(C(C#N)NC(=O)CCCOc2ccc3c(c2)CCC(=O)N3)cc(OC)c1OC. The summed E-state index contributed by atoms with van der Waals surface area (Å²) in [6.45, 7) is 0.347. The molecule has 1 aliphatic heterocycles. The first-order chi connectivity index (χ1) is 16.0. The van der Waals surface area contributed by atoms with Crippen LogP contribution in [0.5, 0.6) is 23.0 Å². The van der Waals surface area contributed by atoms with E-state index in [1.54, 1.807) is 18.2 Å². The molecule has 0 saturated carbocycles. The number of fused-ring (bicyclic) bond motifs is 1. The quantitative estimate of drug-likeness (QED) is 0.531. The summed E-state index contributed by atoms with van der Waals surface area (Å²) < 4.78 is 21.7. The van der Waals surface area contributed by atoms with E-state index in [9.17, 15) is 14.9 Å². The number of amides is 2. The van der Waals surface area contributed by atoms with E-state index in [1.165, 1.54) is 21.3 Å². The highest BCUT2D eigenvalue weighted by molar-refractivity contribution is 5.94. The van der Waals surface area contributed by atoms with Gasteiger partial charge in [0.05, 0.1) is 34.0 Å². The number of rotatable bonds is 10. The van der Waals surface area contributed by atoms with Crippen LogP contribution in [0.15, 0.2) is 30.3 Å². The predicted octanol–water partition coefficient (Wildman–Crippen LogP) is 3.14. The molecule has 0 radical (unpaired) electrons. The van der Waals surface area contributed by atoms with Crippen molar-refractivity contribution in [2.75, 3.05) is 33.3 Å². The normalized spacial score (nSPS) is 13.1. The van der Waals surface area contributed by atoms with E-state index >= 15 is 0 Å². The van der Waals surface area contributed by atoms with E-state index in [0.717, 1.165) is 11.3 Å². The van der Waals surface area contributed by atoms with E-state index in [1.807, 2.05) is 12.1 Å². The van der Waals surface area contributed by atoms with Crippen molar-refractivity contribution in [3.8, 4) is 29.1 Å². The Morgan fingerprint density at radius 2 is 1.85 bits per heavy atom. The molecule has 2 amide bonds. The molecule has 9 nitrogen and oxygen atoms in total. The largest absolute Gasteiger partial charge is 0.494 e. The van der Waals surface area contributed by atoms with Crippen molar-refractivity contribution in [3.05, 3.63) is 41.5 Å². The highest BCUT2D eigenvalue weighted by atomic mass is 16.5. The van der Waals surface area contributed by atoms with Crippen LogP contribution in [0.4, 0.5) is 5.69 Å². The van der Waals surface area contributed by atoms with Crippen LogP contribution in [-0.2, 0) is 16.0 Å². The third-order valence-corrected chi connectivity index (χ3v) is 5.24. The van der Waals surface area contributed by atoms with Crippen molar-refractivity contribution in [2.24, 2.45) is 0 Å². The van der Waals surface area contributed by atoms with Gasteiger partial charge in [0.25, 0.3) is 0 Å². The summed E-state index contributed by atoms with van der Waals surface area (Å²) in [6.07, 6.45) is 1.82. The highest BCUT2D eigenvalue weighted by Crippen LogP contribution is 2.39. The molecule has 1 unspecified atom stereocenters. The average molecular weight is 453 g/mol. The lowest BCUT2D eigenvalue weighted by molar-refractivity contribution is -0.121. The predicted molar refractivity (Wildman–Crippen MR) is 121 cm³/mol. The second-order valence-electron chi connectivity index (χ2n) is 7.41.